The summed E-state index contributed by atoms with van der Waals surface area (Å²) in [6.07, 6.45) is 3.47. The van der Waals surface area contributed by atoms with E-state index >= 15 is 0 Å². The average molecular weight is 358 g/mol. The molecule has 6 nitrogen and oxygen atoms in total. The van der Waals surface area contributed by atoms with E-state index in [1.165, 1.54) is 24.3 Å². The van der Waals surface area contributed by atoms with Crippen LogP contribution in [0, 0.1) is 11.2 Å². The van der Waals surface area contributed by atoms with Crippen LogP contribution in [0.1, 0.15) is 31.2 Å². The third-order valence-electron chi connectivity index (χ3n) is 4.59. The van der Waals surface area contributed by atoms with E-state index in [4.69, 9.17) is 4.74 Å². The highest BCUT2D eigenvalue weighted by Gasteiger charge is 2.45. The molecule has 0 atom stereocenters. The van der Waals surface area contributed by atoms with Gasteiger partial charge in [0.25, 0.3) is 0 Å². The van der Waals surface area contributed by atoms with Crippen LogP contribution in [-0.2, 0) is 16.1 Å². The first-order valence-electron chi connectivity index (χ1n) is 8.35. The van der Waals surface area contributed by atoms with Crippen molar-refractivity contribution in [3.8, 4) is 11.6 Å². The Morgan fingerprint density at radius 2 is 1.96 bits per heavy atom. The molecule has 0 bridgehead atoms. The van der Waals surface area contributed by atoms with Crippen molar-refractivity contribution in [1.29, 1.82) is 0 Å². The summed E-state index contributed by atoms with van der Waals surface area (Å²) < 4.78 is 18.5. The number of carboxylic acid groups (broad SMARTS) is 1. The minimum absolute atomic E-state index is 0.00759. The maximum atomic E-state index is 12.9. The highest BCUT2D eigenvalue weighted by Crippen LogP contribution is 2.44. The van der Waals surface area contributed by atoms with E-state index in [-0.39, 0.29) is 24.7 Å². The van der Waals surface area contributed by atoms with Crippen molar-refractivity contribution in [2.75, 3.05) is 0 Å². The predicted molar refractivity (Wildman–Crippen MR) is 91.1 cm³/mol. The van der Waals surface area contributed by atoms with Gasteiger partial charge in [-0.15, -0.1) is 0 Å². The van der Waals surface area contributed by atoms with Gasteiger partial charge in [0.2, 0.25) is 11.8 Å². The second kappa shape index (κ2) is 7.51. The van der Waals surface area contributed by atoms with E-state index in [1.807, 2.05) is 0 Å². The molecule has 3 rings (SSSR count). The van der Waals surface area contributed by atoms with Gasteiger partial charge in [-0.25, -0.2) is 9.37 Å². The van der Waals surface area contributed by atoms with Gasteiger partial charge in [0.05, 0.1) is 5.41 Å². The molecule has 1 fully saturated rings. The van der Waals surface area contributed by atoms with E-state index in [0.717, 1.165) is 12.0 Å². The number of aromatic nitrogens is 1. The number of nitrogens with one attached hydrogen (secondary N) is 1. The van der Waals surface area contributed by atoms with Gasteiger partial charge >= 0.3 is 5.97 Å². The molecule has 7 heteroatoms. The summed E-state index contributed by atoms with van der Waals surface area (Å²) in [4.78, 5) is 27.5. The lowest BCUT2D eigenvalue weighted by atomic mass is 9.66. The molecule has 1 heterocycles. The van der Waals surface area contributed by atoms with Crippen LogP contribution in [-0.4, -0.2) is 22.0 Å². The highest BCUT2D eigenvalue weighted by molar-refractivity contribution is 5.85. The lowest BCUT2D eigenvalue weighted by molar-refractivity contribution is -0.157. The fourth-order valence-corrected chi connectivity index (χ4v) is 2.88. The predicted octanol–water partition coefficient (Wildman–Crippen LogP) is 3.27. The number of benzene rings is 1. The molecule has 1 aromatic heterocycles. The summed E-state index contributed by atoms with van der Waals surface area (Å²) >= 11 is 0. The van der Waals surface area contributed by atoms with Crippen molar-refractivity contribution in [1.82, 2.24) is 10.3 Å². The number of halogens is 1. The normalized spacial score (nSPS) is 15.0. The standard InChI is InChI=1S/C19H19FN2O4/c20-14-2-4-15(5-3-14)26-17-10-13(6-9-21-17)12-22-16(23)11-19(18(24)25)7-1-8-19/h2-6,9-10H,1,7-8,11-12H2,(H,22,23)(H,24,25). The average Bonchev–Trinajstić information content (AvgIpc) is 2.58. The van der Waals surface area contributed by atoms with Crippen LogP contribution < -0.4 is 10.1 Å². The van der Waals surface area contributed by atoms with Gasteiger partial charge in [-0.1, -0.05) is 6.42 Å². The molecule has 1 saturated carbocycles. The first kappa shape index (κ1) is 17.8. The van der Waals surface area contributed by atoms with Crippen LogP contribution in [0.5, 0.6) is 11.6 Å². The number of aliphatic carboxylic acids is 1. The molecule has 1 aliphatic rings. The molecular weight excluding hydrogens is 339 g/mol. The molecule has 26 heavy (non-hydrogen) atoms. The second-order valence-electron chi connectivity index (χ2n) is 6.45. The van der Waals surface area contributed by atoms with Gasteiger partial charge in [-0.2, -0.15) is 0 Å². The Labute approximate surface area is 150 Å². The highest BCUT2D eigenvalue weighted by atomic mass is 19.1. The van der Waals surface area contributed by atoms with Crippen LogP contribution in [0.15, 0.2) is 42.6 Å². The Balaban J connectivity index is 1.56. The number of nitrogens with zero attached hydrogens (tertiary/aromatic N) is 1. The van der Waals surface area contributed by atoms with Crippen LogP contribution in [0.25, 0.3) is 0 Å². The number of amides is 1. The van der Waals surface area contributed by atoms with Crippen molar-refractivity contribution in [2.24, 2.45) is 5.41 Å². The minimum Gasteiger partial charge on any atom is -0.481 e. The first-order chi connectivity index (χ1) is 12.5. The van der Waals surface area contributed by atoms with Crippen molar-refractivity contribution in [3.63, 3.8) is 0 Å². The van der Waals surface area contributed by atoms with Gasteiger partial charge in [-0.3, -0.25) is 9.59 Å². The minimum atomic E-state index is -0.905. The third-order valence-corrected chi connectivity index (χ3v) is 4.59. The topological polar surface area (TPSA) is 88.5 Å². The lowest BCUT2D eigenvalue weighted by Gasteiger charge is -2.36. The van der Waals surface area contributed by atoms with E-state index in [1.54, 1.807) is 18.3 Å². The summed E-state index contributed by atoms with van der Waals surface area (Å²) in [5.74, 6) is -0.770. The number of rotatable bonds is 7. The number of carboxylic acids is 1. The van der Waals surface area contributed by atoms with Gasteiger partial charge < -0.3 is 15.2 Å². The molecule has 2 aromatic rings. The Kier molecular flexibility index (Phi) is 5.16. The lowest BCUT2D eigenvalue weighted by Crippen LogP contribution is -2.42. The molecule has 1 aromatic carbocycles. The third kappa shape index (κ3) is 4.17. The van der Waals surface area contributed by atoms with Crippen molar-refractivity contribution in [2.45, 2.75) is 32.2 Å². The van der Waals surface area contributed by atoms with Crippen molar-refractivity contribution in [3.05, 3.63) is 54.0 Å². The maximum Gasteiger partial charge on any atom is 0.310 e. The van der Waals surface area contributed by atoms with Crippen LogP contribution in [0.2, 0.25) is 0 Å². The number of pyridine rings is 1. The first-order valence-corrected chi connectivity index (χ1v) is 8.35. The molecule has 1 aliphatic carbocycles. The zero-order valence-electron chi connectivity index (χ0n) is 14.1. The molecular formula is C19H19FN2O4. The molecule has 136 valence electrons. The quantitative estimate of drug-likeness (QED) is 0.793. The molecule has 2 N–H and O–H groups in total. The summed E-state index contributed by atoms with van der Waals surface area (Å²) in [5.41, 5.74) is -0.137. The van der Waals surface area contributed by atoms with E-state index in [0.29, 0.717) is 24.5 Å². The number of ether oxygens (including phenoxy) is 1. The summed E-state index contributed by atoms with van der Waals surface area (Å²) in [6, 6.07) is 8.97. The van der Waals surface area contributed by atoms with Crippen molar-refractivity contribution >= 4 is 11.9 Å². The Bertz CT molecular complexity index is 803. The Morgan fingerprint density at radius 1 is 1.23 bits per heavy atom. The fraction of sp³-hybridized carbons (Fsp3) is 0.316. The molecule has 1 amide bonds. The number of hydrogen-bond donors (Lipinski definition) is 2. The number of hydrogen-bond acceptors (Lipinski definition) is 4. The molecule has 0 saturated heterocycles. The summed E-state index contributed by atoms with van der Waals surface area (Å²) in [6.45, 7) is 0.247. The Morgan fingerprint density at radius 3 is 2.58 bits per heavy atom. The second-order valence-corrected chi connectivity index (χ2v) is 6.45. The number of carbonyl (C=O) groups is 2. The van der Waals surface area contributed by atoms with E-state index in [9.17, 15) is 19.1 Å². The van der Waals surface area contributed by atoms with Crippen LogP contribution in [0.3, 0.4) is 0 Å². The zero-order valence-corrected chi connectivity index (χ0v) is 14.1. The zero-order chi connectivity index (χ0) is 18.6. The van der Waals surface area contributed by atoms with Crippen molar-refractivity contribution < 1.29 is 23.8 Å². The number of carbonyl (C=O) groups excluding carboxylic acids is 1. The summed E-state index contributed by atoms with van der Waals surface area (Å²) in [7, 11) is 0. The molecule has 0 radical (unpaired) electrons. The molecule has 0 unspecified atom stereocenters. The smallest absolute Gasteiger partial charge is 0.310 e. The Hall–Kier alpha value is -2.96. The van der Waals surface area contributed by atoms with Crippen LogP contribution >= 0.6 is 0 Å². The maximum absolute atomic E-state index is 12.9. The largest absolute Gasteiger partial charge is 0.481 e. The van der Waals surface area contributed by atoms with E-state index < -0.39 is 11.4 Å². The van der Waals surface area contributed by atoms with Gasteiger partial charge in [0, 0.05) is 25.2 Å². The van der Waals surface area contributed by atoms with Crippen LogP contribution in [0.4, 0.5) is 4.39 Å². The fourth-order valence-electron chi connectivity index (χ4n) is 2.88. The summed E-state index contributed by atoms with van der Waals surface area (Å²) in [5, 5.41) is 12.0. The van der Waals surface area contributed by atoms with Gasteiger partial charge in [0.15, 0.2) is 0 Å². The SMILES string of the molecule is O=C(CC1(C(=O)O)CCC1)NCc1ccnc(Oc2ccc(F)cc2)c1. The van der Waals surface area contributed by atoms with Gasteiger partial charge in [0.1, 0.15) is 11.6 Å². The van der Waals surface area contributed by atoms with E-state index in [2.05, 4.69) is 10.3 Å². The molecule has 0 aliphatic heterocycles. The molecule has 0 spiro atoms. The van der Waals surface area contributed by atoms with Gasteiger partial charge in [-0.05, 0) is 48.7 Å². The monoisotopic (exact) mass is 358 g/mol.